The minimum atomic E-state index is -0.184. The number of anilines is 1. The summed E-state index contributed by atoms with van der Waals surface area (Å²) in [5.74, 6) is -0.0459. The number of benzene rings is 1. The summed E-state index contributed by atoms with van der Waals surface area (Å²) in [4.78, 5) is 14.7. The number of likely N-dealkylation sites (tertiary alicyclic amines) is 1. The quantitative estimate of drug-likeness (QED) is 0.928. The van der Waals surface area contributed by atoms with Crippen LogP contribution < -0.4 is 5.32 Å². The largest absolute Gasteiger partial charge is 0.324 e. The zero-order valence-electron chi connectivity index (χ0n) is 13.0. The smallest absolute Gasteiger partial charge is 0.241 e. The van der Waals surface area contributed by atoms with E-state index in [2.05, 4.69) is 30.1 Å². The van der Waals surface area contributed by atoms with Crippen LogP contribution >= 0.6 is 0 Å². The highest BCUT2D eigenvalue weighted by molar-refractivity contribution is 5.95. The van der Waals surface area contributed by atoms with E-state index in [1.54, 1.807) is 18.2 Å². The van der Waals surface area contributed by atoms with Crippen LogP contribution in [0.2, 0.25) is 0 Å². The van der Waals surface area contributed by atoms with Crippen molar-refractivity contribution in [1.29, 1.82) is 5.26 Å². The molecule has 0 saturated carbocycles. The van der Waals surface area contributed by atoms with E-state index in [0.717, 1.165) is 19.5 Å². The molecule has 0 aromatic heterocycles. The van der Waals surface area contributed by atoms with Crippen LogP contribution in [0.1, 0.15) is 39.2 Å². The lowest BCUT2D eigenvalue weighted by Crippen LogP contribution is -2.49. The summed E-state index contributed by atoms with van der Waals surface area (Å²) in [7, 11) is 0. The van der Waals surface area contributed by atoms with Gasteiger partial charge in [-0.1, -0.05) is 26.0 Å². The molecule has 1 heterocycles. The average molecular weight is 285 g/mol. The van der Waals surface area contributed by atoms with Gasteiger partial charge < -0.3 is 5.32 Å². The van der Waals surface area contributed by atoms with E-state index in [-0.39, 0.29) is 17.4 Å². The summed E-state index contributed by atoms with van der Waals surface area (Å²) < 4.78 is 0. The first-order valence-corrected chi connectivity index (χ1v) is 7.47. The Balaban J connectivity index is 2.05. The Morgan fingerprint density at radius 1 is 1.43 bits per heavy atom. The number of amides is 1. The van der Waals surface area contributed by atoms with Crippen molar-refractivity contribution in [3.63, 3.8) is 0 Å². The van der Waals surface area contributed by atoms with Crippen molar-refractivity contribution in [2.75, 3.05) is 18.4 Å². The van der Waals surface area contributed by atoms with Gasteiger partial charge in [-0.3, -0.25) is 9.69 Å². The lowest BCUT2D eigenvalue weighted by Gasteiger charge is -2.40. The standard InChI is InChI=1S/C17H23N3O/c1-13(20-10-6-9-17(2,3)12-20)16(21)19-15-8-5-4-7-14(15)11-18/h4-5,7-8,13H,6,9-10,12H2,1-3H3,(H,19,21). The molecule has 0 bridgehead atoms. The molecule has 1 N–H and O–H groups in total. The number of nitriles is 1. The monoisotopic (exact) mass is 285 g/mol. The van der Waals surface area contributed by atoms with Crippen LogP contribution in [0.5, 0.6) is 0 Å². The first kappa shape index (κ1) is 15.5. The van der Waals surface area contributed by atoms with E-state index in [9.17, 15) is 4.79 Å². The number of hydrogen-bond acceptors (Lipinski definition) is 3. The molecular formula is C17H23N3O. The van der Waals surface area contributed by atoms with Crippen molar-refractivity contribution in [3.8, 4) is 6.07 Å². The first-order chi connectivity index (χ1) is 9.93. The van der Waals surface area contributed by atoms with E-state index in [1.807, 2.05) is 13.0 Å². The molecule has 2 rings (SSSR count). The maximum absolute atomic E-state index is 12.4. The second-order valence-electron chi connectivity index (χ2n) is 6.56. The maximum atomic E-state index is 12.4. The molecule has 1 unspecified atom stereocenters. The summed E-state index contributed by atoms with van der Waals surface area (Å²) in [5.41, 5.74) is 1.35. The molecule has 1 atom stereocenters. The molecule has 0 spiro atoms. The zero-order valence-corrected chi connectivity index (χ0v) is 13.0. The Labute approximate surface area is 126 Å². The van der Waals surface area contributed by atoms with E-state index in [1.165, 1.54) is 6.42 Å². The highest BCUT2D eigenvalue weighted by Gasteiger charge is 2.31. The molecule has 0 radical (unpaired) electrons. The van der Waals surface area contributed by atoms with Gasteiger partial charge in [-0.2, -0.15) is 5.26 Å². The van der Waals surface area contributed by atoms with Gasteiger partial charge in [-0.05, 0) is 43.9 Å². The third kappa shape index (κ3) is 3.83. The van der Waals surface area contributed by atoms with Crippen LogP contribution in [-0.4, -0.2) is 29.9 Å². The lowest BCUT2D eigenvalue weighted by atomic mass is 9.83. The second-order valence-corrected chi connectivity index (χ2v) is 6.56. The third-order valence-corrected chi connectivity index (χ3v) is 4.16. The van der Waals surface area contributed by atoms with Crippen LogP contribution in [0.25, 0.3) is 0 Å². The van der Waals surface area contributed by atoms with E-state index >= 15 is 0 Å². The number of piperidine rings is 1. The van der Waals surface area contributed by atoms with Crippen LogP contribution in [0, 0.1) is 16.7 Å². The van der Waals surface area contributed by atoms with E-state index in [0.29, 0.717) is 11.3 Å². The van der Waals surface area contributed by atoms with Crippen molar-refractivity contribution >= 4 is 11.6 Å². The lowest BCUT2D eigenvalue weighted by molar-refractivity contribution is -0.121. The Kier molecular flexibility index (Phi) is 4.64. The summed E-state index contributed by atoms with van der Waals surface area (Å²) in [6.07, 6.45) is 2.33. The number of para-hydroxylation sites is 1. The van der Waals surface area contributed by atoms with Crippen molar-refractivity contribution < 1.29 is 4.79 Å². The molecule has 112 valence electrons. The minimum absolute atomic E-state index is 0.0459. The molecule has 1 aliphatic heterocycles. The van der Waals surface area contributed by atoms with Gasteiger partial charge in [0.1, 0.15) is 6.07 Å². The Morgan fingerprint density at radius 2 is 2.14 bits per heavy atom. The Morgan fingerprint density at radius 3 is 2.81 bits per heavy atom. The second kappa shape index (κ2) is 6.28. The summed E-state index contributed by atoms with van der Waals surface area (Å²) in [6, 6.07) is 9.02. The average Bonchev–Trinajstić information content (AvgIpc) is 2.46. The van der Waals surface area contributed by atoms with E-state index in [4.69, 9.17) is 5.26 Å². The molecule has 1 amide bonds. The molecule has 4 heteroatoms. The predicted octanol–water partition coefficient (Wildman–Crippen LogP) is 3.01. The summed E-state index contributed by atoms with van der Waals surface area (Å²) in [6.45, 7) is 8.31. The van der Waals surface area contributed by atoms with Crippen LogP contribution in [-0.2, 0) is 4.79 Å². The van der Waals surface area contributed by atoms with Gasteiger partial charge in [0, 0.05) is 6.54 Å². The van der Waals surface area contributed by atoms with Gasteiger partial charge in [0.2, 0.25) is 5.91 Å². The Hall–Kier alpha value is -1.86. The Bertz CT molecular complexity index is 559. The number of nitrogens with zero attached hydrogens (tertiary/aromatic N) is 2. The molecule has 21 heavy (non-hydrogen) atoms. The molecule has 1 aromatic carbocycles. The molecule has 1 fully saturated rings. The molecule has 1 aromatic rings. The summed E-state index contributed by atoms with van der Waals surface area (Å²) in [5, 5.41) is 12.0. The van der Waals surface area contributed by atoms with Crippen LogP contribution in [0.15, 0.2) is 24.3 Å². The van der Waals surface area contributed by atoms with Gasteiger partial charge >= 0.3 is 0 Å². The van der Waals surface area contributed by atoms with Gasteiger partial charge in [-0.25, -0.2) is 0 Å². The number of carbonyl (C=O) groups is 1. The third-order valence-electron chi connectivity index (χ3n) is 4.16. The summed E-state index contributed by atoms with van der Waals surface area (Å²) >= 11 is 0. The predicted molar refractivity (Wildman–Crippen MR) is 83.8 cm³/mol. The molecule has 4 nitrogen and oxygen atoms in total. The highest BCUT2D eigenvalue weighted by Crippen LogP contribution is 2.29. The molecule has 0 aliphatic carbocycles. The van der Waals surface area contributed by atoms with Crippen molar-refractivity contribution in [3.05, 3.63) is 29.8 Å². The van der Waals surface area contributed by atoms with Crippen molar-refractivity contribution in [2.24, 2.45) is 5.41 Å². The molecule has 1 aliphatic rings. The first-order valence-electron chi connectivity index (χ1n) is 7.47. The van der Waals surface area contributed by atoms with Gasteiger partial charge in [0.25, 0.3) is 0 Å². The molecule has 1 saturated heterocycles. The van der Waals surface area contributed by atoms with Crippen molar-refractivity contribution in [2.45, 2.75) is 39.7 Å². The SMILES string of the molecule is CC(C(=O)Nc1ccccc1C#N)N1CCCC(C)(C)C1. The highest BCUT2D eigenvalue weighted by atomic mass is 16.2. The zero-order chi connectivity index (χ0) is 15.5. The fraction of sp³-hybridized carbons (Fsp3) is 0.529. The van der Waals surface area contributed by atoms with E-state index < -0.39 is 0 Å². The van der Waals surface area contributed by atoms with Crippen LogP contribution in [0.3, 0.4) is 0 Å². The number of nitrogens with one attached hydrogen (secondary N) is 1. The normalized spacial score (nSPS) is 19.5. The fourth-order valence-corrected chi connectivity index (χ4v) is 2.89. The van der Waals surface area contributed by atoms with Crippen LogP contribution in [0.4, 0.5) is 5.69 Å². The number of rotatable bonds is 3. The van der Waals surface area contributed by atoms with Crippen molar-refractivity contribution in [1.82, 2.24) is 4.90 Å². The topological polar surface area (TPSA) is 56.1 Å². The fourth-order valence-electron chi connectivity index (χ4n) is 2.89. The van der Waals surface area contributed by atoms with Gasteiger partial charge in [-0.15, -0.1) is 0 Å². The van der Waals surface area contributed by atoms with Gasteiger partial charge in [0.05, 0.1) is 17.3 Å². The maximum Gasteiger partial charge on any atom is 0.241 e. The minimum Gasteiger partial charge on any atom is -0.324 e. The number of carbonyl (C=O) groups excluding carboxylic acids is 1. The number of hydrogen-bond donors (Lipinski definition) is 1. The molecular weight excluding hydrogens is 262 g/mol. The van der Waals surface area contributed by atoms with Gasteiger partial charge in [0.15, 0.2) is 0 Å².